The van der Waals surface area contributed by atoms with Crippen molar-refractivity contribution in [3.63, 3.8) is 0 Å². The van der Waals surface area contributed by atoms with Crippen LogP contribution in [0.2, 0.25) is 0 Å². The zero-order valence-corrected chi connectivity index (χ0v) is 20.1. The summed E-state index contributed by atoms with van der Waals surface area (Å²) in [6.45, 7) is 3.09. The molecule has 36 heavy (non-hydrogen) atoms. The Kier molecular flexibility index (Phi) is 5.57. The standard InChI is InChI=1S/C27H29FN4O4/c1-15-12-19(2-3-20(15)28)32-21-13-18-14-29-31-25(18)30-23(21)22(24(32)17-6-10-36-11-7-17)16-4-8-27(35,9-5-16)26(33)34/h2-3,12-14,16-17,35H,4-11H2,1H3,(H,33,34)(H,29,30,31). The maximum absolute atomic E-state index is 14.3. The number of aromatic amines is 1. The molecule has 1 aliphatic heterocycles. The van der Waals surface area contributed by atoms with Gasteiger partial charge in [0.05, 0.1) is 17.2 Å². The summed E-state index contributed by atoms with van der Waals surface area (Å²) in [6.07, 6.45) is 4.93. The van der Waals surface area contributed by atoms with E-state index in [1.807, 2.05) is 6.07 Å². The second kappa shape index (κ2) is 8.67. The van der Waals surface area contributed by atoms with Crippen LogP contribution >= 0.6 is 0 Å². The lowest BCUT2D eigenvalue weighted by molar-refractivity contribution is -0.162. The highest BCUT2D eigenvalue weighted by molar-refractivity contribution is 5.93. The van der Waals surface area contributed by atoms with Crippen LogP contribution in [0.5, 0.6) is 0 Å². The Morgan fingerprint density at radius 3 is 2.61 bits per heavy atom. The number of H-pyrrole nitrogens is 1. The van der Waals surface area contributed by atoms with Gasteiger partial charge >= 0.3 is 5.97 Å². The van der Waals surface area contributed by atoms with Crippen LogP contribution in [0.25, 0.3) is 27.8 Å². The molecule has 0 atom stereocenters. The molecule has 1 aliphatic carbocycles. The first kappa shape index (κ1) is 23.1. The fraction of sp³-hybridized carbons (Fsp3) is 0.444. The number of benzene rings is 1. The average molecular weight is 493 g/mol. The number of nitrogens with zero attached hydrogens (tertiary/aromatic N) is 3. The zero-order chi connectivity index (χ0) is 25.0. The van der Waals surface area contributed by atoms with Gasteiger partial charge in [0.1, 0.15) is 5.82 Å². The van der Waals surface area contributed by atoms with E-state index in [1.165, 1.54) is 6.07 Å². The van der Waals surface area contributed by atoms with Gasteiger partial charge in [0.25, 0.3) is 0 Å². The number of rotatable bonds is 4. The van der Waals surface area contributed by atoms with Crippen LogP contribution in [0.1, 0.15) is 67.2 Å². The molecule has 8 nitrogen and oxygen atoms in total. The molecule has 0 radical (unpaired) electrons. The summed E-state index contributed by atoms with van der Waals surface area (Å²) in [5, 5.41) is 28.2. The van der Waals surface area contributed by atoms with Crippen LogP contribution in [0.15, 0.2) is 30.5 Å². The second-order valence-electron chi connectivity index (χ2n) is 10.2. The van der Waals surface area contributed by atoms with Crippen molar-refractivity contribution in [3.8, 4) is 5.69 Å². The smallest absolute Gasteiger partial charge is 0.335 e. The Balaban J connectivity index is 1.61. The first-order valence-corrected chi connectivity index (χ1v) is 12.5. The van der Waals surface area contributed by atoms with Crippen LogP contribution in [0, 0.1) is 12.7 Å². The van der Waals surface area contributed by atoms with E-state index in [1.54, 1.807) is 19.2 Å². The number of aliphatic hydroxyl groups is 1. The molecule has 0 bridgehead atoms. The fourth-order valence-corrected chi connectivity index (χ4v) is 6.03. The van der Waals surface area contributed by atoms with Gasteiger partial charge in [0.2, 0.25) is 0 Å². The van der Waals surface area contributed by atoms with Crippen LogP contribution in [0.4, 0.5) is 4.39 Å². The van der Waals surface area contributed by atoms with Crippen molar-refractivity contribution in [3.05, 3.63) is 53.1 Å². The first-order chi connectivity index (χ1) is 17.4. The molecule has 4 heterocycles. The van der Waals surface area contributed by atoms with Gasteiger partial charge in [-0.25, -0.2) is 14.2 Å². The molecule has 2 aliphatic rings. The third-order valence-corrected chi connectivity index (χ3v) is 8.05. The Morgan fingerprint density at radius 2 is 1.92 bits per heavy atom. The Labute approximate surface area is 207 Å². The first-order valence-electron chi connectivity index (χ1n) is 12.5. The van der Waals surface area contributed by atoms with Crippen molar-refractivity contribution in [2.75, 3.05) is 13.2 Å². The van der Waals surface area contributed by atoms with E-state index in [4.69, 9.17) is 9.72 Å². The maximum Gasteiger partial charge on any atom is 0.335 e. The van der Waals surface area contributed by atoms with Gasteiger partial charge in [-0.05, 0) is 81.2 Å². The molecular formula is C27H29FN4O4. The topological polar surface area (TPSA) is 113 Å². The summed E-state index contributed by atoms with van der Waals surface area (Å²) in [4.78, 5) is 16.7. The third-order valence-electron chi connectivity index (χ3n) is 8.05. The molecule has 0 unspecified atom stereocenters. The number of fused-ring (bicyclic) bond motifs is 2. The monoisotopic (exact) mass is 492 g/mol. The minimum absolute atomic E-state index is 0.0423. The maximum atomic E-state index is 14.3. The number of aromatic nitrogens is 4. The summed E-state index contributed by atoms with van der Waals surface area (Å²) in [6, 6.07) is 7.24. The number of carboxylic acids is 1. The van der Waals surface area contributed by atoms with E-state index < -0.39 is 11.6 Å². The lowest BCUT2D eigenvalue weighted by Gasteiger charge is -2.34. The molecule has 188 valence electrons. The largest absolute Gasteiger partial charge is 0.479 e. The highest BCUT2D eigenvalue weighted by atomic mass is 19.1. The van der Waals surface area contributed by atoms with Gasteiger partial charge < -0.3 is 19.5 Å². The molecule has 1 aromatic carbocycles. The molecule has 3 N–H and O–H groups in total. The van der Waals surface area contributed by atoms with Gasteiger partial charge in [0.15, 0.2) is 11.2 Å². The van der Waals surface area contributed by atoms with E-state index in [9.17, 15) is 19.4 Å². The van der Waals surface area contributed by atoms with Crippen molar-refractivity contribution >= 4 is 28.0 Å². The normalized spacial score (nSPS) is 23.5. The summed E-state index contributed by atoms with van der Waals surface area (Å²) in [5.41, 5.74) is 4.44. The quantitative estimate of drug-likeness (QED) is 0.380. The Morgan fingerprint density at radius 1 is 1.17 bits per heavy atom. The van der Waals surface area contributed by atoms with Crippen LogP contribution in [-0.4, -0.2) is 54.7 Å². The number of carbonyl (C=O) groups is 1. The summed E-state index contributed by atoms with van der Waals surface area (Å²) >= 11 is 0. The van der Waals surface area contributed by atoms with E-state index in [-0.39, 0.29) is 30.5 Å². The average Bonchev–Trinajstić information content (AvgIpc) is 3.47. The predicted molar refractivity (Wildman–Crippen MR) is 132 cm³/mol. The van der Waals surface area contributed by atoms with Crippen LogP contribution < -0.4 is 0 Å². The Bertz CT molecular complexity index is 1460. The number of pyridine rings is 1. The predicted octanol–water partition coefficient (Wildman–Crippen LogP) is 4.72. The van der Waals surface area contributed by atoms with Gasteiger partial charge in [-0.3, -0.25) is 5.10 Å². The van der Waals surface area contributed by atoms with Crippen molar-refractivity contribution < 1.29 is 24.1 Å². The molecule has 0 amide bonds. The van der Waals surface area contributed by atoms with E-state index in [2.05, 4.69) is 20.8 Å². The van der Waals surface area contributed by atoms with Gasteiger partial charge in [-0.1, -0.05) is 0 Å². The molecule has 1 saturated carbocycles. The number of aryl methyl sites for hydroxylation is 1. The number of ether oxygens (including phenoxy) is 1. The molecule has 6 rings (SSSR count). The lowest BCUT2D eigenvalue weighted by Crippen LogP contribution is -2.41. The van der Waals surface area contributed by atoms with Crippen LogP contribution in [-0.2, 0) is 9.53 Å². The minimum atomic E-state index is -1.69. The number of aliphatic carboxylic acids is 1. The highest BCUT2D eigenvalue weighted by Crippen LogP contribution is 2.47. The minimum Gasteiger partial charge on any atom is -0.479 e. The zero-order valence-electron chi connectivity index (χ0n) is 20.1. The van der Waals surface area contributed by atoms with E-state index in [0.717, 1.165) is 46.2 Å². The number of halogens is 1. The second-order valence-corrected chi connectivity index (χ2v) is 10.2. The van der Waals surface area contributed by atoms with Gasteiger partial charge in [0, 0.05) is 41.5 Å². The molecule has 1 saturated heterocycles. The lowest BCUT2D eigenvalue weighted by atomic mass is 9.74. The molecule has 0 spiro atoms. The van der Waals surface area contributed by atoms with E-state index in [0.29, 0.717) is 37.3 Å². The van der Waals surface area contributed by atoms with Gasteiger partial charge in [-0.15, -0.1) is 0 Å². The van der Waals surface area contributed by atoms with Crippen molar-refractivity contribution in [1.82, 2.24) is 19.7 Å². The van der Waals surface area contributed by atoms with Gasteiger partial charge in [-0.2, -0.15) is 5.10 Å². The molecular weight excluding hydrogens is 463 g/mol. The van der Waals surface area contributed by atoms with Crippen molar-refractivity contribution in [1.29, 1.82) is 0 Å². The SMILES string of the molecule is Cc1cc(-n2c(C3CCOCC3)c(C3CCC(O)(C(=O)O)CC3)c3nc4[nH]ncc4cc32)ccc1F. The number of hydrogen-bond acceptors (Lipinski definition) is 5. The molecule has 3 aromatic heterocycles. The molecule has 9 heteroatoms. The number of hydrogen-bond donors (Lipinski definition) is 3. The number of carboxylic acid groups (broad SMARTS) is 1. The van der Waals surface area contributed by atoms with Crippen molar-refractivity contribution in [2.45, 2.75) is 62.9 Å². The van der Waals surface area contributed by atoms with E-state index >= 15 is 0 Å². The molecule has 2 fully saturated rings. The summed E-state index contributed by atoms with van der Waals surface area (Å²) < 4.78 is 22.2. The number of nitrogens with one attached hydrogen (secondary N) is 1. The molecule has 4 aromatic rings. The van der Waals surface area contributed by atoms with Crippen LogP contribution in [0.3, 0.4) is 0 Å². The van der Waals surface area contributed by atoms with Crippen molar-refractivity contribution in [2.24, 2.45) is 0 Å². The summed E-state index contributed by atoms with van der Waals surface area (Å²) in [5.74, 6) is -1.16. The fourth-order valence-electron chi connectivity index (χ4n) is 6.03. The highest BCUT2D eigenvalue weighted by Gasteiger charge is 2.42. The Hall–Kier alpha value is -3.30. The summed E-state index contributed by atoms with van der Waals surface area (Å²) in [7, 11) is 0. The third kappa shape index (κ3) is 3.69.